The van der Waals surface area contributed by atoms with Crippen LogP contribution in [0.15, 0.2) is 145 Å². The Labute approximate surface area is 242 Å². The number of allylic oxidation sites excluding steroid dienone is 12. The molecule has 40 heavy (non-hydrogen) atoms. The minimum Gasteiger partial charge on any atom is -0.0871 e. The molecular formula is C40H44. The first-order valence-electron chi connectivity index (χ1n) is 15.0. The molecule has 0 fully saturated rings. The number of hydrogen-bond donors (Lipinski definition) is 0. The zero-order valence-corrected chi connectivity index (χ0v) is 24.5. The second-order valence-corrected chi connectivity index (χ2v) is 10.5. The van der Waals surface area contributed by atoms with Crippen LogP contribution in [0.2, 0.25) is 0 Å². The first kappa shape index (κ1) is 29.1. The lowest BCUT2D eigenvalue weighted by Gasteiger charge is -2.20. The van der Waals surface area contributed by atoms with Crippen LogP contribution < -0.4 is 0 Å². The van der Waals surface area contributed by atoms with Gasteiger partial charge in [0.05, 0.1) is 0 Å². The lowest BCUT2D eigenvalue weighted by atomic mass is 9.85. The summed E-state index contributed by atoms with van der Waals surface area (Å²) in [7, 11) is 0. The van der Waals surface area contributed by atoms with E-state index in [-0.39, 0.29) is 0 Å². The molecule has 0 amide bonds. The smallest absolute Gasteiger partial charge is 0.00141 e. The summed E-state index contributed by atoms with van der Waals surface area (Å²) in [5, 5.41) is 0. The molecule has 0 bridgehead atoms. The van der Waals surface area contributed by atoms with Gasteiger partial charge in [-0.25, -0.2) is 0 Å². The SMILES string of the molecule is C\C=C/C(/C=C/CC/C(=C\C(CCC)C1=CC=CCC1)c1ccc(-c2ccc(-c3ccccc3)cc2)cc1)=C\C. The molecule has 0 N–H and O–H groups in total. The molecule has 0 aliphatic heterocycles. The van der Waals surface area contributed by atoms with Gasteiger partial charge in [0.15, 0.2) is 0 Å². The Morgan fingerprint density at radius 2 is 1.45 bits per heavy atom. The van der Waals surface area contributed by atoms with Crippen molar-refractivity contribution in [1.29, 1.82) is 0 Å². The van der Waals surface area contributed by atoms with E-state index in [1.54, 1.807) is 5.57 Å². The van der Waals surface area contributed by atoms with Crippen molar-refractivity contribution in [3.05, 3.63) is 150 Å². The highest BCUT2D eigenvalue weighted by Crippen LogP contribution is 2.32. The van der Waals surface area contributed by atoms with E-state index in [2.05, 4.69) is 154 Å². The zero-order chi connectivity index (χ0) is 28.0. The second kappa shape index (κ2) is 15.6. The van der Waals surface area contributed by atoms with E-state index in [0.717, 1.165) is 19.3 Å². The first-order valence-corrected chi connectivity index (χ1v) is 15.0. The summed E-state index contributed by atoms with van der Waals surface area (Å²) in [5.74, 6) is 0.508. The molecule has 3 aromatic carbocycles. The van der Waals surface area contributed by atoms with Crippen LogP contribution in [0.3, 0.4) is 0 Å². The minimum atomic E-state index is 0.508. The van der Waals surface area contributed by atoms with Crippen molar-refractivity contribution >= 4 is 5.57 Å². The number of rotatable bonds is 12. The van der Waals surface area contributed by atoms with Crippen molar-refractivity contribution < 1.29 is 0 Å². The molecule has 0 heterocycles. The quantitative estimate of drug-likeness (QED) is 0.207. The Bertz CT molecular complexity index is 1370. The molecule has 1 atom stereocenters. The summed E-state index contributed by atoms with van der Waals surface area (Å²) in [4.78, 5) is 0. The molecule has 204 valence electrons. The van der Waals surface area contributed by atoms with Crippen molar-refractivity contribution in [2.45, 2.75) is 59.3 Å². The van der Waals surface area contributed by atoms with Gasteiger partial charge in [0.25, 0.3) is 0 Å². The third kappa shape index (κ3) is 8.30. The van der Waals surface area contributed by atoms with Gasteiger partial charge >= 0.3 is 0 Å². The van der Waals surface area contributed by atoms with Crippen molar-refractivity contribution in [2.75, 3.05) is 0 Å². The second-order valence-electron chi connectivity index (χ2n) is 10.5. The average molecular weight is 525 g/mol. The van der Waals surface area contributed by atoms with Gasteiger partial charge in [0, 0.05) is 0 Å². The molecular weight excluding hydrogens is 480 g/mol. The molecule has 1 unspecified atom stereocenters. The molecule has 0 saturated heterocycles. The Balaban J connectivity index is 1.58. The summed E-state index contributed by atoms with van der Waals surface area (Å²) in [5.41, 5.74) is 10.7. The summed E-state index contributed by atoms with van der Waals surface area (Å²) in [6, 6.07) is 28.7. The van der Waals surface area contributed by atoms with Gasteiger partial charge in [0.2, 0.25) is 0 Å². The van der Waals surface area contributed by atoms with Crippen LogP contribution in [0.1, 0.15) is 64.9 Å². The molecule has 0 heteroatoms. The van der Waals surface area contributed by atoms with E-state index in [1.165, 1.54) is 58.2 Å². The normalized spacial score (nSPS) is 15.1. The van der Waals surface area contributed by atoms with E-state index < -0.39 is 0 Å². The van der Waals surface area contributed by atoms with Crippen LogP contribution in [0.25, 0.3) is 27.8 Å². The van der Waals surface area contributed by atoms with E-state index in [4.69, 9.17) is 0 Å². The van der Waals surface area contributed by atoms with Crippen molar-refractivity contribution in [1.82, 2.24) is 0 Å². The van der Waals surface area contributed by atoms with Gasteiger partial charge in [-0.3, -0.25) is 0 Å². The van der Waals surface area contributed by atoms with Crippen molar-refractivity contribution in [2.24, 2.45) is 5.92 Å². The highest BCUT2D eigenvalue weighted by Gasteiger charge is 2.14. The van der Waals surface area contributed by atoms with Crippen molar-refractivity contribution in [3.8, 4) is 22.3 Å². The maximum Gasteiger partial charge on any atom is -0.00141 e. The molecule has 3 aromatic rings. The molecule has 4 rings (SSSR count). The molecule has 0 radical (unpaired) electrons. The lowest BCUT2D eigenvalue weighted by Crippen LogP contribution is -2.04. The third-order valence-electron chi connectivity index (χ3n) is 7.69. The van der Waals surface area contributed by atoms with Crippen LogP contribution in [0.5, 0.6) is 0 Å². The largest absolute Gasteiger partial charge is 0.0871 e. The average Bonchev–Trinajstić information content (AvgIpc) is 3.02. The van der Waals surface area contributed by atoms with E-state index >= 15 is 0 Å². The summed E-state index contributed by atoms with van der Waals surface area (Å²) < 4.78 is 0. The van der Waals surface area contributed by atoms with Gasteiger partial charge < -0.3 is 0 Å². The Kier molecular flexibility index (Phi) is 11.4. The summed E-state index contributed by atoms with van der Waals surface area (Å²) >= 11 is 0. The van der Waals surface area contributed by atoms with Gasteiger partial charge in [-0.05, 0) is 90.8 Å². The standard InChI is InChI=1S/C40H44/c1-4-15-32(6-3)17-13-14-22-40(31-39(16-5-2)34-20-11-8-12-21-34)38-29-27-37(28-30-38)36-25-23-35(24-26-36)33-18-9-7-10-19-33/h4,6-11,13,15,17-20,23-31,39H,5,12,14,16,21-22H2,1-3H3/b15-4-,17-13+,32-6+,40-31+. The Morgan fingerprint density at radius 3 is 2.02 bits per heavy atom. The van der Waals surface area contributed by atoms with Crippen LogP contribution in [-0.4, -0.2) is 0 Å². The van der Waals surface area contributed by atoms with E-state index in [9.17, 15) is 0 Å². The van der Waals surface area contributed by atoms with Crippen LogP contribution >= 0.6 is 0 Å². The first-order chi connectivity index (χ1) is 19.7. The molecule has 0 nitrogen and oxygen atoms in total. The van der Waals surface area contributed by atoms with Crippen LogP contribution in [0, 0.1) is 5.92 Å². The van der Waals surface area contributed by atoms with E-state index in [1.807, 2.05) is 0 Å². The monoisotopic (exact) mass is 524 g/mol. The third-order valence-corrected chi connectivity index (χ3v) is 7.69. The van der Waals surface area contributed by atoms with Crippen LogP contribution in [-0.2, 0) is 0 Å². The molecule has 0 saturated carbocycles. The predicted octanol–water partition coefficient (Wildman–Crippen LogP) is 12.0. The number of hydrogen-bond acceptors (Lipinski definition) is 0. The Hall–Kier alpha value is -3.90. The zero-order valence-electron chi connectivity index (χ0n) is 24.5. The van der Waals surface area contributed by atoms with Gasteiger partial charge in [-0.2, -0.15) is 0 Å². The predicted molar refractivity (Wildman–Crippen MR) is 177 cm³/mol. The lowest BCUT2D eigenvalue weighted by molar-refractivity contribution is 0.629. The van der Waals surface area contributed by atoms with Gasteiger partial charge in [-0.15, -0.1) is 0 Å². The fraction of sp³-hybridized carbons (Fsp3) is 0.250. The topological polar surface area (TPSA) is 0 Å². The van der Waals surface area contributed by atoms with Gasteiger partial charge in [-0.1, -0.05) is 152 Å². The molecule has 0 aromatic heterocycles. The summed E-state index contributed by atoms with van der Waals surface area (Å²) in [6.07, 6.45) is 27.3. The van der Waals surface area contributed by atoms with Gasteiger partial charge in [0.1, 0.15) is 0 Å². The fourth-order valence-electron chi connectivity index (χ4n) is 5.44. The fourth-order valence-corrected chi connectivity index (χ4v) is 5.44. The molecule has 1 aliphatic carbocycles. The summed E-state index contributed by atoms with van der Waals surface area (Å²) in [6.45, 7) is 6.48. The highest BCUT2D eigenvalue weighted by molar-refractivity contribution is 5.73. The maximum absolute atomic E-state index is 2.58. The van der Waals surface area contributed by atoms with E-state index in [0.29, 0.717) is 5.92 Å². The minimum absolute atomic E-state index is 0.508. The Morgan fingerprint density at radius 1 is 0.800 bits per heavy atom. The molecule has 0 spiro atoms. The highest BCUT2D eigenvalue weighted by atomic mass is 14.2. The number of benzene rings is 3. The molecule has 1 aliphatic rings. The maximum atomic E-state index is 2.58. The van der Waals surface area contributed by atoms with Crippen LogP contribution in [0.4, 0.5) is 0 Å². The van der Waals surface area contributed by atoms with Crippen molar-refractivity contribution in [3.63, 3.8) is 0 Å².